The van der Waals surface area contributed by atoms with Crippen molar-refractivity contribution in [1.29, 1.82) is 0 Å². The summed E-state index contributed by atoms with van der Waals surface area (Å²) in [5.74, 6) is -0.218. The standard InChI is InChI=1S/C13H11Br2NO2S/c1-16(6-8-4-12(15)19-7-8)13(18)10-3-2-9(14)5-11(10)17/h2-5,7,17H,6H2,1H3. The number of halogens is 2. The molecule has 1 heterocycles. The number of hydrogen-bond acceptors (Lipinski definition) is 3. The van der Waals surface area contributed by atoms with Crippen molar-refractivity contribution in [3.63, 3.8) is 0 Å². The van der Waals surface area contributed by atoms with Crippen LogP contribution in [0.4, 0.5) is 0 Å². The second kappa shape index (κ2) is 6.07. The molecular weight excluding hydrogens is 394 g/mol. The van der Waals surface area contributed by atoms with Crippen LogP contribution in [0.5, 0.6) is 5.75 Å². The highest BCUT2D eigenvalue weighted by Crippen LogP contribution is 2.25. The van der Waals surface area contributed by atoms with Crippen molar-refractivity contribution < 1.29 is 9.90 Å². The Balaban J connectivity index is 2.14. The van der Waals surface area contributed by atoms with Gasteiger partial charge in [0.05, 0.1) is 9.35 Å². The van der Waals surface area contributed by atoms with Gasteiger partial charge in [-0.3, -0.25) is 4.79 Å². The summed E-state index contributed by atoms with van der Waals surface area (Å²) in [5, 5.41) is 11.8. The van der Waals surface area contributed by atoms with Gasteiger partial charge in [0.1, 0.15) is 5.75 Å². The molecule has 100 valence electrons. The van der Waals surface area contributed by atoms with Crippen LogP contribution >= 0.6 is 43.2 Å². The van der Waals surface area contributed by atoms with E-state index in [4.69, 9.17) is 0 Å². The van der Waals surface area contributed by atoms with Gasteiger partial charge in [-0.05, 0) is 51.1 Å². The van der Waals surface area contributed by atoms with Crippen LogP contribution in [0.2, 0.25) is 0 Å². The number of amides is 1. The molecule has 1 aromatic carbocycles. The third-order valence-corrected chi connectivity index (χ3v) is 4.62. The molecule has 0 saturated heterocycles. The van der Waals surface area contributed by atoms with Crippen molar-refractivity contribution in [3.8, 4) is 5.75 Å². The van der Waals surface area contributed by atoms with Crippen molar-refractivity contribution in [2.75, 3.05) is 7.05 Å². The van der Waals surface area contributed by atoms with Gasteiger partial charge in [0.2, 0.25) is 0 Å². The van der Waals surface area contributed by atoms with Crippen LogP contribution in [0.3, 0.4) is 0 Å². The third-order valence-electron chi connectivity index (χ3n) is 2.58. The number of thiophene rings is 1. The monoisotopic (exact) mass is 403 g/mol. The summed E-state index contributed by atoms with van der Waals surface area (Å²) in [6, 6.07) is 6.85. The fourth-order valence-corrected chi connectivity index (χ4v) is 3.21. The maximum Gasteiger partial charge on any atom is 0.257 e. The largest absolute Gasteiger partial charge is 0.507 e. The number of phenolic OH excluding ortho intramolecular Hbond substituents is 1. The molecule has 2 aromatic rings. The number of nitrogens with zero attached hydrogens (tertiary/aromatic N) is 1. The number of carbonyl (C=O) groups excluding carboxylic acids is 1. The predicted octanol–water partition coefficient (Wildman–Crippen LogP) is 4.25. The van der Waals surface area contributed by atoms with Crippen molar-refractivity contribution >= 4 is 49.1 Å². The Labute approximate surface area is 132 Å². The number of carbonyl (C=O) groups is 1. The minimum atomic E-state index is -0.202. The van der Waals surface area contributed by atoms with Crippen LogP contribution in [0, 0.1) is 0 Å². The van der Waals surface area contributed by atoms with Crippen LogP contribution in [-0.2, 0) is 6.54 Å². The van der Waals surface area contributed by atoms with Gasteiger partial charge in [0.15, 0.2) is 0 Å². The van der Waals surface area contributed by atoms with E-state index < -0.39 is 0 Å². The molecule has 1 aromatic heterocycles. The molecule has 0 radical (unpaired) electrons. The second-order valence-corrected chi connectivity index (χ2v) is 7.29. The smallest absolute Gasteiger partial charge is 0.257 e. The molecule has 6 heteroatoms. The zero-order valence-electron chi connectivity index (χ0n) is 10.1. The van der Waals surface area contributed by atoms with E-state index in [1.807, 2.05) is 11.4 Å². The summed E-state index contributed by atoms with van der Waals surface area (Å²) < 4.78 is 1.78. The molecule has 0 unspecified atom stereocenters. The van der Waals surface area contributed by atoms with Crippen molar-refractivity contribution in [2.45, 2.75) is 6.54 Å². The van der Waals surface area contributed by atoms with Gasteiger partial charge in [-0.2, -0.15) is 0 Å². The third kappa shape index (κ3) is 3.58. The Morgan fingerprint density at radius 2 is 2.11 bits per heavy atom. The van der Waals surface area contributed by atoms with Crippen LogP contribution in [-0.4, -0.2) is 23.0 Å². The van der Waals surface area contributed by atoms with Gasteiger partial charge in [-0.1, -0.05) is 15.9 Å². The van der Waals surface area contributed by atoms with Gasteiger partial charge in [-0.25, -0.2) is 0 Å². The van der Waals surface area contributed by atoms with Crippen molar-refractivity contribution in [2.24, 2.45) is 0 Å². The number of benzene rings is 1. The highest BCUT2D eigenvalue weighted by Gasteiger charge is 2.16. The first kappa shape index (κ1) is 14.6. The fraction of sp³-hybridized carbons (Fsp3) is 0.154. The molecule has 0 aliphatic heterocycles. The molecule has 0 aliphatic rings. The first-order valence-electron chi connectivity index (χ1n) is 5.44. The Morgan fingerprint density at radius 1 is 1.37 bits per heavy atom. The van der Waals surface area contributed by atoms with E-state index in [9.17, 15) is 9.90 Å². The Hall–Kier alpha value is -0.850. The lowest BCUT2D eigenvalue weighted by molar-refractivity contribution is 0.0782. The summed E-state index contributed by atoms with van der Waals surface area (Å²) in [5.41, 5.74) is 1.37. The maximum atomic E-state index is 12.2. The molecule has 1 N–H and O–H groups in total. The van der Waals surface area contributed by atoms with E-state index >= 15 is 0 Å². The second-order valence-electron chi connectivity index (χ2n) is 4.08. The van der Waals surface area contributed by atoms with Gasteiger partial charge >= 0.3 is 0 Å². The van der Waals surface area contributed by atoms with Crippen LogP contribution in [0.15, 0.2) is 37.9 Å². The van der Waals surface area contributed by atoms with E-state index in [-0.39, 0.29) is 11.7 Å². The van der Waals surface area contributed by atoms with Gasteiger partial charge in [0, 0.05) is 18.1 Å². The van der Waals surface area contributed by atoms with Crippen LogP contribution in [0.25, 0.3) is 0 Å². The zero-order valence-corrected chi connectivity index (χ0v) is 14.0. The fourth-order valence-electron chi connectivity index (χ4n) is 1.67. The Bertz CT molecular complexity index is 612. The minimum absolute atomic E-state index is 0.0160. The highest BCUT2D eigenvalue weighted by atomic mass is 79.9. The predicted molar refractivity (Wildman–Crippen MR) is 83.6 cm³/mol. The van der Waals surface area contributed by atoms with E-state index in [2.05, 4.69) is 31.9 Å². The Kier molecular flexibility index (Phi) is 4.65. The van der Waals surface area contributed by atoms with Crippen molar-refractivity contribution in [1.82, 2.24) is 4.90 Å². The number of rotatable bonds is 3. The summed E-state index contributed by atoms with van der Waals surface area (Å²) in [4.78, 5) is 13.8. The average Bonchev–Trinajstić information content (AvgIpc) is 2.74. The lowest BCUT2D eigenvalue weighted by atomic mass is 10.1. The normalized spacial score (nSPS) is 10.5. The van der Waals surface area contributed by atoms with E-state index in [1.54, 1.807) is 35.4 Å². The molecule has 19 heavy (non-hydrogen) atoms. The SMILES string of the molecule is CN(Cc1csc(Br)c1)C(=O)c1ccc(Br)cc1O. The van der Waals surface area contributed by atoms with E-state index in [1.165, 1.54) is 6.07 Å². The number of hydrogen-bond donors (Lipinski definition) is 1. The summed E-state index contributed by atoms with van der Waals surface area (Å²) >= 11 is 8.23. The van der Waals surface area contributed by atoms with Crippen LogP contribution in [0.1, 0.15) is 15.9 Å². The first-order chi connectivity index (χ1) is 8.97. The summed E-state index contributed by atoms with van der Waals surface area (Å²) in [6.07, 6.45) is 0. The van der Waals surface area contributed by atoms with Crippen molar-refractivity contribution in [3.05, 3.63) is 49.0 Å². The lowest BCUT2D eigenvalue weighted by Gasteiger charge is -2.17. The Morgan fingerprint density at radius 3 is 2.68 bits per heavy atom. The molecule has 0 aliphatic carbocycles. The number of phenols is 1. The molecule has 0 spiro atoms. The molecular formula is C13H11Br2NO2S. The highest BCUT2D eigenvalue weighted by molar-refractivity contribution is 9.11. The van der Waals surface area contributed by atoms with E-state index in [0.29, 0.717) is 12.1 Å². The van der Waals surface area contributed by atoms with Gasteiger partial charge in [0.25, 0.3) is 5.91 Å². The average molecular weight is 405 g/mol. The first-order valence-corrected chi connectivity index (χ1v) is 7.91. The number of aromatic hydroxyl groups is 1. The quantitative estimate of drug-likeness (QED) is 0.830. The molecule has 1 amide bonds. The topological polar surface area (TPSA) is 40.5 Å². The summed E-state index contributed by atoms with van der Waals surface area (Å²) in [6.45, 7) is 0.510. The zero-order chi connectivity index (χ0) is 14.0. The minimum Gasteiger partial charge on any atom is -0.507 e. The van der Waals surface area contributed by atoms with Gasteiger partial charge in [-0.15, -0.1) is 11.3 Å². The molecule has 0 fully saturated rings. The molecule has 3 nitrogen and oxygen atoms in total. The maximum absolute atomic E-state index is 12.2. The molecule has 0 bridgehead atoms. The molecule has 2 rings (SSSR count). The summed E-state index contributed by atoms with van der Waals surface area (Å²) in [7, 11) is 1.72. The molecule has 0 atom stereocenters. The van der Waals surface area contributed by atoms with Crippen LogP contribution < -0.4 is 0 Å². The van der Waals surface area contributed by atoms with Gasteiger partial charge < -0.3 is 10.0 Å². The lowest BCUT2D eigenvalue weighted by Crippen LogP contribution is -2.26. The van der Waals surface area contributed by atoms with E-state index in [0.717, 1.165) is 13.8 Å². The molecule has 0 saturated carbocycles.